The van der Waals surface area contributed by atoms with Crippen LogP contribution in [-0.4, -0.2) is 16.5 Å². The molecule has 1 heteroatoms. The Morgan fingerprint density at radius 1 is 0.647 bits per heavy atom. The van der Waals surface area contributed by atoms with E-state index in [2.05, 4.69) is 13.8 Å². The molecule has 0 N–H and O–H groups in total. The van der Waals surface area contributed by atoms with Crippen LogP contribution in [0.1, 0.15) is 90.9 Å². The zero-order valence-electron chi connectivity index (χ0n) is 12.8. The molecule has 0 rings (SSSR count). The van der Waals surface area contributed by atoms with Gasteiger partial charge in [-0.05, 0) is 0 Å². The second kappa shape index (κ2) is 14.6. The van der Waals surface area contributed by atoms with E-state index in [9.17, 15) is 0 Å². The van der Waals surface area contributed by atoms with Gasteiger partial charge in [0, 0.05) is 0 Å². The van der Waals surface area contributed by atoms with Crippen LogP contribution in [0.3, 0.4) is 0 Å². The normalized spacial score (nSPS) is 13.1. The van der Waals surface area contributed by atoms with Gasteiger partial charge in [-0.25, -0.2) is 0 Å². The molecule has 0 spiro atoms. The third-order valence-electron chi connectivity index (χ3n) is 4.01. The fraction of sp³-hybridized carbons (Fsp3) is 1.00. The summed E-state index contributed by atoms with van der Waals surface area (Å²) in [6, 6.07) is 0. The van der Waals surface area contributed by atoms with Crippen LogP contribution < -0.4 is 0 Å². The van der Waals surface area contributed by atoms with Crippen molar-refractivity contribution in [2.24, 2.45) is 5.92 Å². The van der Waals surface area contributed by atoms with E-state index < -0.39 is 0 Å². The van der Waals surface area contributed by atoms with Crippen molar-refractivity contribution in [1.29, 1.82) is 0 Å². The Morgan fingerprint density at radius 3 is 1.53 bits per heavy atom. The fourth-order valence-corrected chi connectivity index (χ4v) is 4.34. The van der Waals surface area contributed by atoms with E-state index in [4.69, 9.17) is 0 Å². The molecule has 0 aliphatic carbocycles. The van der Waals surface area contributed by atoms with Crippen LogP contribution in [0.2, 0.25) is 5.25 Å². The summed E-state index contributed by atoms with van der Waals surface area (Å²) >= 11 is 1.07. The molecule has 0 heterocycles. The van der Waals surface area contributed by atoms with Gasteiger partial charge in [-0.2, -0.15) is 0 Å². The number of hydrogen-bond acceptors (Lipinski definition) is 0. The summed E-state index contributed by atoms with van der Waals surface area (Å²) in [5, 5.41) is 1.59. The van der Waals surface area contributed by atoms with Crippen molar-refractivity contribution < 1.29 is 0 Å². The first-order chi connectivity index (χ1) is 8.35. The van der Waals surface area contributed by atoms with E-state index in [0.717, 1.165) is 22.4 Å². The first-order valence-electron chi connectivity index (χ1n) is 8.35. The third-order valence-corrected chi connectivity index (χ3v) is 6.43. The summed E-state index contributed by atoms with van der Waals surface area (Å²) in [7, 11) is 0. The van der Waals surface area contributed by atoms with Crippen LogP contribution >= 0.6 is 0 Å². The average molecular weight is 301 g/mol. The van der Waals surface area contributed by atoms with Gasteiger partial charge < -0.3 is 0 Å². The van der Waals surface area contributed by atoms with Crippen LogP contribution in [0, 0.1) is 5.92 Å². The minimum atomic E-state index is 1.07. The molecule has 17 heavy (non-hydrogen) atoms. The second-order valence-corrected chi connectivity index (χ2v) is 7.39. The van der Waals surface area contributed by atoms with Gasteiger partial charge in [0.15, 0.2) is 0 Å². The molecule has 0 aromatic rings. The van der Waals surface area contributed by atoms with E-state index in [1.165, 1.54) is 70.6 Å². The Hall–Kier alpha value is 0.543. The molecular formula is C16H36Ge. The molecule has 0 bridgehead atoms. The third kappa shape index (κ3) is 12.8. The second-order valence-electron chi connectivity index (χ2n) is 5.68. The zero-order valence-corrected chi connectivity index (χ0v) is 17.0. The van der Waals surface area contributed by atoms with Gasteiger partial charge in [0.05, 0.1) is 0 Å². The topological polar surface area (TPSA) is 0 Å². The average Bonchev–Trinajstić information content (AvgIpc) is 2.36. The van der Waals surface area contributed by atoms with Crippen molar-refractivity contribution >= 4 is 16.5 Å². The summed E-state index contributed by atoms with van der Waals surface area (Å²) in [5.41, 5.74) is 0. The summed E-state index contributed by atoms with van der Waals surface area (Å²) in [6.45, 7) is 4.61. The first kappa shape index (κ1) is 17.5. The summed E-state index contributed by atoms with van der Waals surface area (Å²) in [4.78, 5) is 0. The molecule has 104 valence electrons. The molecule has 0 radical (unpaired) electrons. The van der Waals surface area contributed by atoms with Crippen molar-refractivity contribution in [1.82, 2.24) is 0 Å². The van der Waals surface area contributed by atoms with Gasteiger partial charge in [-0.15, -0.1) is 0 Å². The Labute approximate surface area is 119 Å². The van der Waals surface area contributed by atoms with Gasteiger partial charge in [-0.1, -0.05) is 0 Å². The molecule has 0 amide bonds. The number of unbranched alkanes of at least 4 members (excludes halogenated alkanes) is 8. The van der Waals surface area contributed by atoms with Crippen molar-refractivity contribution in [2.75, 3.05) is 0 Å². The SMILES string of the molecule is CCCCCCCCC([CH2][GeH3])CCCCCC. The summed E-state index contributed by atoms with van der Waals surface area (Å²) in [6.07, 6.45) is 17.7. The van der Waals surface area contributed by atoms with Crippen LogP contribution in [-0.2, 0) is 0 Å². The Kier molecular flexibility index (Phi) is 15.1. The Bertz CT molecular complexity index is 133. The fourth-order valence-electron chi connectivity index (χ4n) is 2.63. The van der Waals surface area contributed by atoms with Crippen molar-refractivity contribution in [3.05, 3.63) is 0 Å². The first-order valence-corrected chi connectivity index (χ1v) is 11.3. The van der Waals surface area contributed by atoms with Crippen LogP contribution in [0.4, 0.5) is 0 Å². The van der Waals surface area contributed by atoms with Crippen LogP contribution in [0.15, 0.2) is 0 Å². The maximum atomic E-state index is 2.31. The van der Waals surface area contributed by atoms with Gasteiger partial charge in [-0.3, -0.25) is 0 Å². The molecule has 1 unspecified atom stereocenters. The van der Waals surface area contributed by atoms with Gasteiger partial charge in [0.2, 0.25) is 0 Å². The molecule has 0 nitrogen and oxygen atoms in total. The molecule has 0 fully saturated rings. The van der Waals surface area contributed by atoms with E-state index >= 15 is 0 Å². The molecule has 1 atom stereocenters. The van der Waals surface area contributed by atoms with E-state index in [1.54, 1.807) is 11.7 Å². The zero-order chi connectivity index (χ0) is 12.8. The monoisotopic (exact) mass is 302 g/mol. The van der Waals surface area contributed by atoms with Crippen molar-refractivity contribution in [2.45, 2.75) is 96.2 Å². The predicted octanol–water partition coefficient (Wildman–Crippen LogP) is 5.11. The summed E-state index contributed by atoms with van der Waals surface area (Å²) in [5.74, 6) is 1.11. The number of rotatable bonds is 13. The Balaban J connectivity index is 3.28. The predicted molar refractivity (Wildman–Crippen MR) is 85.0 cm³/mol. The van der Waals surface area contributed by atoms with Crippen molar-refractivity contribution in [3.8, 4) is 0 Å². The van der Waals surface area contributed by atoms with Gasteiger partial charge in [0.25, 0.3) is 0 Å². The maximum absolute atomic E-state index is 2.31. The van der Waals surface area contributed by atoms with Crippen LogP contribution in [0.5, 0.6) is 0 Å². The molecule has 0 aromatic heterocycles. The molecule has 0 saturated heterocycles. The molecule has 0 aromatic carbocycles. The summed E-state index contributed by atoms with van der Waals surface area (Å²) < 4.78 is 0. The molecule has 0 saturated carbocycles. The van der Waals surface area contributed by atoms with E-state index in [-0.39, 0.29) is 0 Å². The van der Waals surface area contributed by atoms with Gasteiger partial charge in [0.1, 0.15) is 0 Å². The standard InChI is InChI=1S/C16H36Ge/c1-3-5-7-9-10-12-14-16(15-17)13-11-8-6-4-2/h16H,3-15H2,1-2,17H3. The quantitative estimate of drug-likeness (QED) is 0.328. The molecule has 0 aliphatic rings. The van der Waals surface area contributed by atoms with Gasteiger partial charge >= 0.3 is 119 Å². The van der Waals surface area contributed by atoms with E-state index in [0.29, 0.717) is 0 Å². The van der Waals surface area contributed by atoms with Crippen molar-refractivity contribution in [3.63, 3.8) is 0 Å². The van der Waals surface area contributed by atoms with Crippen LogP contribution in [0.25, 0.3) is 0 Å². The van der Waals surface area contributed by atoms with E-state index in [1.807, 2.05) is 0 Å². The number of hydrogen-bond donors (Lipinski definition) is 0. The molecule has 0 aliphatic heterocycles. The Morgan fingerprint density at radius 2 is 1.06 bits per heavy atom. The molecular weight excluding hydrogens is 265 g/mol. The minimum absolute atomic E-state index is 1.07.